The van der Waals surface area contributed by atoms with Gasteiger partial charge in [-0.05, 0) is 51.4 Å². The van der Waals surface area contributed by atoms with E-state index in [2.05, 4.69) is 45.1 Å². The maximum absolute atomic E-state index is 12.6. The molecule has 0 aromatic carbocycles. The van der Waals surface area contributed by atoms with Crippen molar-refractivity contribution in [3.8, 4) is 0 Å². The Balaban J connectivity index is 4.18. The van der Waals surface area contributed by atoms with Crippen molar-refractivity contribution in [2.24, 2.45) is 0 Å². The number of hydrogen-bond acceptors (Lipinski definition) is 5. The first-order chi connectivity index (χ1) is 23.6. The summed E-state index contributed by atoms with van der Waals surface area (Å²) < 4.78 is 17.2. The number of ether oxygens (including phenoxy) is 3. The highest BCUT2D eigenvalue weighted by molar-refractivity contribution is 5.70. The lowest BCUT2D eigenvalue weighted by molar-refractivity contribution is -0.163. The van der Waals surface area contributed by atoms with E-state index in [-0.39, 0.29) is 25.2 Å². The highest BCUT2D eigenvalue weighted by Crippen LogP contribution is 2.13. The molecule has 5 heteroatoms. The molecule has 0 rings (SSSR count). The van der Waals surface area contributed by atoms with Gasteiger partial charge in [0.15, 0.2) is 6.10 Å². The molecule has 0 saturated carbocycles. The zero-order valence-electron chi connectivity index (χ0n) is 32.3. The molecule has 0 fully saturated rings. The standard InChI is InChI=1S/C43H80O5/c1-4-7-10-13-16-19-20-21-22-23-24-26-27-30-33-36-42(44)47-40-41(39-46-38-35-32-29-18-15-12-9-6-3)48-43(45)37-34-31-28-25-17-14-11-8-5-2/h16,19,21-22,41H,4-15,17-18,20,23-40H2,1-3H3/b19-16-,22-21-. The molecule has 0 aliphatic rings. The Hall–Kier alpha value is -1.62. The van der Waals surface area contributed by atoms with Gasteiger partial charge in [0.05, 0.1) is 6.61 Å². The topological polar surface area (TPSA) is 61.8 Å². The Bertz CT molecular complexity index is 731. The smallest absolute Gasteiger partial charge is 0.306 e. The van der Waals surface area contributed by atoms with Crippen LogP contribution in [0.1, 0.15) is 213 Å². The number of rotatable bonds is 38. The zero-order chi connectivity index (χ0) is 35.0. The van der Waals surface area contributed by atoms with Crippen LogP contribution in [0.4, 0.5) is 0 Å². The number of unbranched alkanes of at least 4 members (excludes halogenated alkanes) is 23. The molecular weight excluding hydrogens is 596 g/mol. The van der Waals surface area contributed by atoms with Gasteiger partial charge in [0, 0.05) is 19.4 Å². The summed E-state index contributed by atoms with van der Waals surface area (Å²) in [6, 6.07) is 0. The summed E-state index contributed by atoms with van der Waals surface area (Å²) in [4.78, 5) is 25.0. The van der Waals surface area contributed by atoms with Crippen LogP contribution in [-0.2, 0) is 23.8 Å². The molecule has 0 amide bonds. The van der Waals surface area contributed by atoms with Crippen molar-refractivity contribution >= 4 is 11.9 Å². The van der Waals surface area contributed by atoms with E-state index >= 15 is 0 Å². The van der Waals surface area contributed by atoms with Gasteiger partial charge in [0.1, 0.15) is 6.61 Å². The molecule has 0 N–H and O–H groups in total. The summed E-state index contributed by atoms with van der Waals surface area (Å²) in [5, 5.41) is 0. The fourth-order valence-electron chi connectivity index (χ4n) is 5.83. The molecule has 1 unspecified atom stereocenters. The van der Waals surface area contributed by atoms with Crippen molar-refractivity contribution in [2.75, 3.05) is 19.8 Å². The molecule has 282 valence electrons. The van der Waals surface area contributed by atoms with Gasteiger partial charge in [0.2, 0.25) is 0 Å². The van der Waals surface area contributed by atoms with Crippen LogP contribution in [0.15, 0.2) is 24.3 Å². The minimum Gasteiger partial charge on any atom is -0.462 e. The van der Waals surface area contributed by atoms with E-state index in [9.17, 15) is 9.59 Å². The summed E-state index contributed by atoms with van der Waals surface area (Å²) in [5.74, 6) is -0.410. The molecule has 1 atom stereocenters. The third-order valence-corrected chi connectivity index (χ3v) is 8.99. The molecule has 0 aliphatic heterocycles. The van der Waals surface area contributed by atoms with E-state index in [1.807, 2.05) is 0 Å². The Morgan fingerprint density at radius 1 is 0.458 bits per heavy atom. The Labute approximate surface area is 298 Å². The highest BCUT2D eigenvalue weighted by atomic mass is 16.6. The first-order valence-electron chi connectivity index (χ1n) is 20.9. The summed E-state index contributed by atoms with van der Waals surface area (Å²) in [6.45, 7) is 7.76. The van der Waals surface area contributed by atoms with Gasteiger partial charge < -0.3 is 14.2 Å². The third-order valence-electron chi connectivity index (χ3n) is 8.99. The van der Waals surface area contributed by atoms with Crippen LogP contribution in [0.2, 0.25) is 0 Å². The molecule has 5 nitrogen and oxygen atoms in total. The average molecular weight is 677 g/mol. The molecule has 0 aromatic heterocycles. The predicted octanol–water partition coefficient (Wildman–Crippen LogP) is 13.3. The Morgan fingerprint density at radius 3 is 1.42 bits per heavy atom. The van der Waals surface area contributed by atoms with Crippen molar-refractivity contribution in [3.05, 3.63) is 24.3 Å². The van der Waals surface area contributed by atoms with Gasteiger partial charge >= 0.3 is 11.9 Å². The average Bonchev–Trinajstić information content (AvgIpc) is 3.08. The minimum atomic E-state index is -0.529. The van der Waals surface area contributed by atoms with E-state index in [0.717, 1.165) is 57.8 Å². The van der Waals surface area contributed by atoms with Crippen LogP contribution < -0.4 is 0 Å². The lowest BCUT2D eigenvalue weighted by Crippen LogP contribution is -2.30. The Morgan fingerprint density at radius 2 is 0.875 bits per heavy atom. The monoisotopic (exact) mass is 677 g/mol. The summed E-state index contributed by atoms with van der Waals surface area (Å²) in [6.07, 6.45) is 43.1. The van der Waals surface area contributed by atoms with Gasteiger partial charge in [-0.15, -0.1) is 0 Å². The quantitative estimate of drug-likeness (QED) is 0.0370. The minimum absolute atomic E-state index is 0.0834. The van der Waals surface area contributed by atoms with Crippen LogP contribution in [0.3, 0.4) is 0 Å². The molecule has 0 heterocycles. The van der Waals surface area contributed by atoms with Gasteiger partial charge in [-0.3, -0.25) is 9.59 Å². The lowest BCUT2D eigenvalue weighted by atomic mass is 10.1. The van der Waals surface area contributed by atoms with E-state index < -0.39 is 6.10 Å². The van der Waals surface area contributed by atoms with Crippen molar-refractivity contribution in [2.45, 2.75) is 219 Å². The first-order valence-corrected chi connectivity index (χ1v) is 20.9. The third kappa shape index (κ3) is 37.2. The second-order valence-electron chi connectivity index (χ2n) is 13.9. The zero-order valence-corrected chi connectivity index (χ0v) is 32.3. The van der Waals surface area contributed by atoms with Crippen LogP contribution >= 0.6 is 0 Å². The number of esters is 2. The number of carbonyl (C=O) groups excluding carboxylic acids is 2. The summed E-state index contributed by atoms with van der Waals surface area (Å²) in [5.41, 5.74) is 0. The fourth-order valence-corrected chi connectivity index (χ4v) is 5.83. The van der Waals surface area contributed by atoms with E-state index in [0.29, 0.717) is 19.4 Å². The van der Waals surface area contributed by atoms with Crippen LogP contribution in [0.25, 0.3) is 0 Å². The fraction of sp³-hybridized carbons (Fsp3) is 0.860. The van der Waals surface area contributed by atoms with Crippen molar-refractivity contribution < 1.29 is 23.8 Å². The molecule has 0 aliphatic carbocycles. The largest absolute Gasteiger partial charge is 0.462 e. The summed E-state index contributed by atoms with van der Waals surface area (Å²) in [7, 11) is 0. The second-order valence-corrected chi connectivity index (χ2v) is 13.9. The van der Waals surface area contributed by atoms with Gasteiger partial charge in [-0.25, -0.2) is 0 Å². The van der Waals surface area contributed by atoms with Gasteiger partial charge in [0.25, 0.3) is 0 Å². The highest BCUT2D eigenvalue weighted by Gasteiger charge is 2.17. The van der Waals surface area contributed by atoms with Crippen molar-refractivity contribution in [3.63, 3.8) is 0 Å². The van der Waals surface area contributed by atoms with Crippen molar-refractivity contribution in [1.29, 1.82) is 0 Å². The van der Waals surface area contributed by atoms with E-state index in [1.165, 1.54) is 122 Å². The Kier molecular flexibility index (Phi) is 38.5. The number of carbonyl (C=O) groups is 2. The van der Waals surface area contributed by atoms with Crippen LogP contribution in [0, 0.1) is 0 Å². The van der Waals surface area contributed by atoms with Gasteiger partial charge in [-0.2, -0.15) is 0 Å². The van der Waals surface area contributed by atoms with Crippen LogP contribution in [0.5, 0.6) is 0 Å². The van der Waals surface area contributed by atoms with E-state index in [1.54, 1.807) is 0 Å². The summed E-state index contributed by atoms with van der Waals surface area (Å²) >= 11 is 0. The molecule has 0 aromatic rings. The predicted molar refractivity (Wildman–Crippen MR) is 205 cm³/mol. The molecular formula is C43H80O5. The normalized spacial score (nSPS) is 12.3. The number of hydrogen-bond donors (Lipinski definition) is 0. The number of allylic oxidation sites excluding steroid dienone is 4. The maximum atomic E-state index is 12.6. The maximum Gasteiger partial charge on any atom is 0.306 e. The van der Waals surface area contributed by atoms with Crippen LogP contribution in [-0.4, -0.2) is 37.9 Å². The molecule has 0 spiro atoms. The van der Waals surface area contributed by atoms with Gasteiger partial charge in [-0.1, -0.05) is 173 Å². The lowest BCUT2D eigenvalue weighted by Gasteiger charge is -2.18. The van der Waals surface area contributed by atoms with Crippen molar-refractivity contribution in [1.82, 2.24) is 0 Å². The molecule has 0 bridgehead atoms. The SMILES string of the molecule is CCCCC/C=C\C/C=C\CCCCCCCC(=O)OCC(COCCCCCCCCCC)OC(=O)CCCCCCCCCCC. The first kappa shape index (κ1) is 46.4. The molecule has 0 saturated heterocycles. The second kappa shape index (κ2) is 39.8. The molecule has 0 radical (unpaired) electrons. The van der Waals surface area contributed by atoms with E-state index in [4.69, 9.17) is 14.2 Å². The molecule has 48 heavy (non-hydrogen) atoms.